The average Bonchev–Trinajstić information content (AvgIpc) is 3.17. The Morgan fingerprint density at radius 2 is 2.13 bits per heavy atom. The SMILES string of the molecule is CC1CCCN(S(=O)(=O)c2ccc(NCCn3cnnc3C(C)C)c([N+](=O)[O-])c2)C1. The van der Waals surface area contributed by atoms with Crippen LogP contribution >= 0.6 is 0 Å². The number of nitrogens with zero attached hydrogens (tertiary/aromatic N) is 5. The van der Waals surface area contributed by atoms with Crippen LogP contribution in [0.4, 0.5) is 11.4 Å². The van der Waals surface area contributed by atoms with E-state index in [4.69, 9.17) is 0 Å². The maximum absolute atomic E-state index is 13.0. The average molecular weight is 437 g/mol. The number of sulfonamides is 1. The molecule has 1 aliphatic rings. The lowest BCUT2D eigenvalue weighted by atomic mass is 10.0. The molecule has 0 saturated carbocycles. The molecule has 1 atom stereocenters. The van der Waals surface area contributed by atoms with Crippen LogP contribution in [0.2, 0.25) is 0 Å². The smallest absolute Gasteiger partial charge is 0.293 e. The summed E-state index contributed by atoms with van der Waals surface area (Å²) in [7, 11) is -3.76. The maximum atomic E-state index is 13.0. The van der Waals surface area contributed by atoms with Crippen LogP contribution in [-0.2, 0) is 16.6 Å². The van der Waals surface area contributed by atoms with Crippen molar-refractivity contribution in [3.05, 3.63) is 40.5 Å². The minimum atomic E-state index is -3.76. The zero-order valence-corrected chi connectivity index (χ0v) is 18.3. The van der Waals surface area contributed by atoms with E-state index < -0.39 is 14.9 Å². The van der Waals surface area contributed by atoms with Gasteiger partial charge >= 0.3 is 0 Å². The Balaban J connectivity index is 1.76. The van der Waals surface area contributed by atoms with Crippen LogP contribution in [0.1, 0.15) is 45.4 Å². The number of hydrogen-bond acceptors (Lipinski definition) is 7. The monoisotopic (exact) mass is 436 g/mol. The summed E-state index contributed by atoms with van der Waals surface area (Å²) in [6, 6.07) is 4.05. The van der Waals surface area contributed by atoms with Gasteiger partial charge in [-0.2, -0.15) is 4.31 Å². The second-order valence-electron chi connectivity index (χ2n) is 8.01. The van der Waals surface area contributed by atoms with Crippen LogP contribution in [0.15, 0.2) is 29.4 Å². The molecular weight excluding hydrogens is 408 g/mol. The van der Waals surface area contributed by atoms with Gasteiger partial charge in [0.15, 0.2) is 0 Å². The molecule has 1 unspecified atom stereocenters. The van der Waals surface area contributed by atoms with Crippen LogP contribution in [0.5, 0.6) is 0 Å². The fourth-order valence-electron chi connectivity index (χ4n) is 3.68. The molecule has 1 aliphatic heterocycles. The molecule has 0 bridgehead atoms. The van der Waals surface area contributed by atoms with E-state index in [1.807, 2.05) is 25.3 Å². The third kappa shape index (κ3) is 4.78. The number of piperidine rings is 1. The predicted molar refractivity (Wildman–Crippen MR) is 113 cm³/mol. The molecule has 0 aliphatic carbocycles. The molecule has 1 aromatic carbocycles. The molecule has 164 valence electrons. The summed E-state index contributed by atoms with van der Waals surface area (Å²) in [5, 5.41) is 22.6. The summed E-state index contributed by atoms with van der Waals surface area (Å²) in [4.78, 5) is 11.0. The van der Waals surface area contributed by atoms with Crippen LogP contribution in [0, 0.1) is 16.0 Å². The fraction of sp³-hybridized carbons (Fsp3) is 0.579. The quantitative estimate of drug-likeness (QED) is 0.498. The number of hydrogen-bond donors (Lipinski definition) is 1. The molecule has 2 aromatic rings. The van der Waals surface area contributed by atoms with Gasteiger partial charge in [0.05, 0.1) is 9.82 Å². The van der Waals surface area contributed by atoms with E-state index in [-0.39, 0.29) is 28.1 Å². The van der Waals surface area contributed by atoms with E-state index in [2.05, 4.69) is 15.5 Å². The number of rotatable bonds is 8. The molecule has 1 N–H and O–H groups in total. The van der Waals surface area contributed by atoms with Crippen LogP contribution in [0.3, 0.4) is 0 Å². The molecule has 1 saturated heterocycles. The van der Waals surface area contributed by atoms with Crippen molar-refractivity contribution >= 4 is 21.4 Å². The molecule has 0 amide bonds. The highest BCUT2D eigenvalue weighted by Crippen LogP contribution is 2.30. The zero-order chi connectivity index (χ0) is 21.9. The van der Waals surface area contributed by atoms with Crippen LogP contribution in [0.25, 0.3) is 0 Å². The minimum Gasteiger partial charge on any atom is -0.378 e. The largest absolute Gasteiger partial charge is 0.378 e. The Labute approximate surface area is 176 Å². The van der Waals surface area contributed by atoms with Crippen molar-refractivity contribution in [3.63, 3.8) is 0 Å². The Bertz CT molecular complexity index is 1000. The van der Waals surface area contributed by atoms with Gasteiger partial charge < -0.3 is 9.88 Å². The van der Waals surface area contributed by atoms with Crippen LogP contribution in [-0.4, -0.2) is 52.0 Å². The Kier molecular flexibility index (Phi) is 6.71. The third-order valence-corrected chi connectivity index (χ3v) is 7.11. The van der Waals surface area contributed by atoms with Crippen molar-refractivity contribution in [1.29, 1.82) is 0 Å². The van der Waals surface area contributed by atoms with Gasteiger partial charge in [0.1, 0.15) is 17.8 Å². The van der Waals surface area contributed by atoms with Gasteiger partial charge in [-0.1, -0.05) is 20.8 Å². The lowest BCUT2D eigenvalue weighted by Gasteiger charge is -2.30. The van der Waals surface area contributed by atoms with Crippen molar-refractivity contribution in [1.82, 2.24) is 19.1 Å². The lowest BCUT2D eigenvalue weighted by Crippen LogP contribution is -2.39. The van der Waals surface area contributed by atoms with Crippen molar-refractivity contribution in [2.24, 2.45) is 5.92 Å². The van der Waals surface area contributed by atoms with Crippen LogP contribution < -0.4 is 5.32 Å². The first kappa shape index (κ1) is 22.2. The van der Waals surface area contributed by atoms with E-state index in [9.17, 15) is 18.5 Å². The van der Waals surface area contributed by atoms with Crippen molar-refractivity contribution in [2.75, 3.05) is 25.0 Å². The lowest BCUT2D eigenvalue weighted by molar-refractivity contribution is -0.384. The molecule has 0 radical (unpaired) electrons. The van der Waals surface area contributed by atoms with E-state index in [1.54, 1.807) is 6.33 Å². The molecule has 11 heteroatoms. The van der Waals surface area contributed by atoms with E-state index >= 15 is 0 Å². The predicted octanol–water partition coefficient (Wildman–Crippen LogP) is 2.84. The molecular formula is C19H28N6O4S. The molecule has 2 heterocycles. The minimum absolute atomic E-state index is 0.0465. The van der Waals surface area contributed by atoms with E-state index in [0.29, 0.717) is 26.2 Å². The normalized spacial score (nSPS) is 17.9. The van der Waals surface area contributed by atoms with Gasteiger partial charge in [0.2, 0.25) is 10.0 Å². The summed E-state index contributed by atoms with van der Waals surface area (Å²) in [6.45, 7) is 7.86. The molecule has 30 heavy (non-hydrogen) atoms. The first-order valence-electron chi connectivity index (χ1n) is 10.1. The fourth-order valence-corrected chi connectivity index (χ4v) is 5.30. The van der Waals surface area contributed by atoms with Crippen molar-refractivity contribution < 1.29 is 13.3 Å². The molecule has 1 fully saturated rings. The van der Waals surface area contributed by atoms with Gasteiger partial charge in [-0.25, -0.2) is 8.42 Å². The number of nitro groups is 1. The molecule has 10 nitrogen and oxygen atoms in total. The maximum Gasteiger partial charge on any atom is 0.293 e. The first-order chi connectivity index (χ1) is 14.2. The standard InChI is InChI=1S/C19H28N6O4S/c1-14(2)19-22-21-13-23(19)10-8-20-17-7-6-16(11-18(17)25(26)27)30(28,29)24-9-4-5-15(3)12-24/h6-7,11,13-15,20H,4-5,8-10,12H2,1-3H3. The number of benzene rings is 1. The van der Waals surface area contributed by atoms with E-state index in [1.165, 1.54) is 16.4 Å². The Hall–Kier alpha value is -2.53. The molecule has 1 aromatic heterocycles. The topological polar surface area (TPSA) is 123 Å². The number of anilines is 1. The number of nitrogens with one attached hydrogen (secondary N) is 1. The first-order valence-corrected chi connectivity index (χ1v) is 11.5. The zero-order valence-electron chi connectivity index (χ0n) is 17.5. The van der Waals surface area contributed by atoms with Gasteiger partial charge in [0.25, 0.3) is 5.69 Å². The molecule has 3 rings (SSSR count). The number of nitro benzene ring substituents is 1. The summed E-state index contributed by atoms with van der Waals surface area (Å²) in [6.07, 6.45) is 3.41. The highest BCUT2D eigenvalue weighted by Gasteiger charge is 2.30. The second-order valence-corrected chi connectivity index (χ2v) is 9.95. The second kappa shape index (κ2) is 9.09. The third-order valence-electron chi connectivity index (χ3n) is 5.25. The van der Waals surface area contributed by atoms with Gasteiger partial charge in [0, 0.05) is 38.2 Å². The summed E-state index contributed by atoms with van der Waals surface area (Å²) < 4.78 is 29.2. The number of aromatic nitrogens is 3. The van der Waals surface area contributed by atoms with Gasteiger partial charge in [-0.05, 0) is 30.9 Å². The van der Waals surface area contributed by atoms with Gasteiger partial charge in [-0.3, -0.25) is 10.1 Å². The Morgan fingerprint density at radius 1 is 1.37 bits per heavy atom. The van der Waals surface area contributed by atoms with Gasteiger partial charge in [-0.15, -0.1) is 10.2 Å². The molecule has 0 spiro atoms. The summed E-state index contributed by atoms with van der Waals surface area (Å²) >= 11 is 0. The summed E-state index contributed by atoms with van der Waals surface area (Å²) in [5.74, 6) is 1.32. The van der Waals surface area contributed by atoms with Crippen molar-refractivity contribution in [2.45, 2.75) is 51.0 Å². The van der Waals surface area contributed by atoms with E-state index in [0.717, 1.165) is 24.7 Å². The highest BCUT2D eigenvalue weighted by molar-refractivity contribution is 7.89. The van der Waals surface area contributed by atoms with Crippen molar-refractivity contribution in [3.8, 4) is 0 Å². The summed E-state index contributed by atoms with van der Waals surface area (Å²) in [5.41, 5.74) is 0.0269. The Morgan fingerprint density at radius 3 is 2.80 bits per heavy atom. The highest BCUT2D eigenvalue weighted by atomic mass is 32.2.